The molecule has 4 rings (SSSR count). The lowest BCUT2D eigenvalue weighted by Crippen LogP contribution is -2.30. The molecule has 0 aliphatic carbocycles. The third kappa shape index (κ3) is 3.93. The minimum absolute atomic E-state index is 0.0640. The van der Waals surface area contributed by atoms with Gasteiger partial charge in [-0.2, -0.15) is 18.2 Å². The van der Waals surface area contributed by atoms with E-state index in [1.807, 2.05) is 26.0 Å². The molecule has 0 atom stereocenters. The van der Waals surface area contributed by atoms with E-state index in [2.05, 4.69) is 10.1 Å². The number of halogens is 3. The maximum atomic E-state index is 12.7. The molecule has 1 aliphatic heterocycles. The normalized spacial score (nSPS) is 16.3. The van der Waals surface area contributed by atoms with Gasteiger partial charge in [0.1, 0.15) is 0 Å². The van der Waals surface area contributed by atoms with Crippen molar-refractivity contribution < 1.29 is 27.3 Å². The summed E-state index contributed by atoms with van der Waals surface area (Å²) in [5.74, 6) is 0.373. The van der Waals surface area contributed by atoms with Crippen LogP contribution in [0.3, 0.4) is 0 Å². The monoisotopic (exact) mass is 417 g/mol. The van der Waals surface area contributed by atoms with Crippen molar-refractivity contribution in [2.24, 2.45) is 5.41 Å². The van der Waals surface area contributed by atoms with Crippen molar-refractivity contribution in [3.8, 4) is 22.8 Å². The predicted octanol–water partition coefficient (Wildman–Crippen LogP) is 4.72. The molecule has 0 spiro atoms. The van der Waals surface area contributed by atoms with Crippen molar-refractivity contribution in [2.45, 2.75) is 26.6 Å². The van der Waals surface area contributed by atoms with Crippen LogP contribution in [0, 0.1) is 5.41 Å². The zero-order chi connectivity index (χ0) is 21.5. The molecule has 2 heterocycles. The first-order valence-corrected chi connectivity index (χ1v) is 9.19. The highest BCUT2D eigenvalue weighted by atomic mass is 19.4. The molecule has 1 saturated heterocycles. The van der Waals surface area contributed by atoms with Crippen molar-refractivity contribution in [2.75, 3.05) is 6.61 Å². The van der Waals surface area contributed by atoms with Gasteiger partial charge >= 0.3 is 6.18 Å². The van der Waals surface area contributed by atoms with Gasteiger partial charge < -0.3 is 4.52 Å². The van der Waals surface area contributed by atoms with Crippen LogP contribution in [0.1, 0.15) is 25.0 Å². The molecule has 3 aromatic rings. The maximum Gasteiger partial charge on any atom is 0.416 e. The molecular weight excluding hydrogens is 399 g/mol. The highest BCUT2D eigenvalue weighted by molar-refractivity contribution is 5.82. The van der Waals surface area contributed by atoms with Gasteiger partial charge in [-0.25, -0.2) is 5.06 Å². The van der Waals surface area contributed by atoms with Gasteiger partial charge in [0, 0.05) is 11.1 Å². The largest absolute Gasteiger partial charge is 0.416 e. The van der Waals surface area contributed by atoms with Crippen molar-refractivity contribution in [3.05, 3.63) is 59.7 Å². The van der Waals surface area contributed by atoms with Gasteiger partial charge in [0.25, 0.3) is 11.8 Å². The topological polar surface area (TPSA) is 68.5 Å². The third-order valence-electron chi connectivity index (χ3n) is 4.81. The predicted molar refractivity (Wildman–Crippen MR) is 100 cm³/mol. The number of hydrogen-bond donors (Lipinski definition) is 0. The summed E-state index contributed by atoms with van der Waals surface area (Å²) in [5.41, 5.74) is 0.668. The molecule has 30 heavy (non-hydrogen) atoms. The smallest absolute Gasteiger partial charge is 0.334 e. The number of benzene rings is 2. The molecule has 2 aromatic carbocycles. The number of alkyl halides is 3. The molecule has 1 fully saturated rings. The van der Waals surface area contributed by atoms with Crippen LogP contribution < -0.4 is 0 Å². The van der Waals surface area contributed by atoms with E-state index in [4.69, 9.17) is 9.36 Å². The zero-order valence-electron chi connectivity index (χ0n) is 16.2. The average molecular weight is 417 g/mol. The summed E-state index contributed by atoms with van der Waals surface area (Å²) in [6.07, 6.45) is -4.40. The lowest BCUT2D eigenvalue weighted by atomic mass is 9.95. The first-order chi connectivity index (χ1) is 14.1. The molecule has 0 unspecified atom stereocenters. The Bertz CT molecular complexity index is 1060. The van der Waals surface area contributed by atoms with Crippen molar-refractivity contribution >= 4 is 5.91 Å². The number of hydrogen-bond acceptors (Lipinski definition) is 5. The van der Waals surface area contributed by atoms with Crippen LogP contribution in [0.15, 0.2) is 53.1 Å². The number of carbonyl (C=O) groups excluding carboxylic acids is 1. The fourth-order valence-electron chi connectivity index (χ4n) is 3.00. The maximum absolute atomic E-state index is 12.7. The van der Waals surface area contributed by atoms with Crippen LogP contribution in [0.25, 0.3) is 22.8 Å². The summed E-state index contributed by atoms with van der Waals surface area (Å²) in [5, 5.41) is 5.25. The van der Waals surface area contributed by atoms with Gasteiger partial charge in [-0.05, 0) is 43.7 Å². The molecule has 1 amide bonds. The lowest BCUT2D eigenvalue weighted by molar-refractivity contribution is -0.165. The molecule has 0 saturated carbocycles. The first-order valence-electron chi connectivity index (χ1n) is 9.19. The summed E-state index contributed by atoms with van der Waals surface area (Å²) >= 11 is 0. The van der Waals surface area contributed by atoms with Crippen molar-refractivity contribution in [3.63, 3.8) is 0 Å². The second-order valence-corrected chi connectivity index (χ2v) is 7.69. The van der Waals surface area contributed by atoms with E-state index in [1.54, 1.807) is 12.1 Å². The van der Waals surface area contributed by atoms with Gasteiger partial charge in [0.05, 0.1) is 24.1 Å². The Morgan fingerprint density at radius 3 is 2.23 bits per heavy atom. The zero-order valence-corrected chi connectivity index (χ0v) is 16.2. The molecule has 6 nitrogen and oxygen atoms in total. The number of rotatable bonds is 4. The van der Waals surface area contributed by atoms with E-state index >= 15 is 0 Å². The SMILES string of the molecule is CC1(C)CON(Cc2ccc(-c3noc(-c4ccc(C(F)(F)F)cc4)n3)cc2)C1=O. The minimum Gasteiger partial charge on any atom is -0.334 e. The Balaban J connectivity index is 1.47. The summed E-state index contributed by atoms with van der Waals surface area (Å²) in [4.78, 5) is 22.0. The highest BCUT2D eigenvalue weighted by Crippen LogP contribution is 2.31. The van der Waals surface area contributed by atoms with Gasteiger partial charge in [0.2, 0.25) is 5.82 Å². The van der Waals surface area contributed by atoms with E-state index in [0.29, 0.717) is 30.1 Å². The molecule has 9 heteroatoms. The van der Waals surface area contributed by atoms with E-state index in [0.717, 1.165) is 17.7 Å². The van der Waals surface area contributed by atoms with Crippen LogP contribution in [0.2, 0.25) is 0 Å². The summed E-state index contributed by atoms with van der Waals surface area (Å²) in [6, 6.07) is 11.7. The molecule has 156 valence electrons. The van der Waals surface area contributed by atoms with E-state index in [1.165, 1.54) is 17.2 Å². The van der Waals surface area contributed by atoms with Crippen LogP contribution in [-0.4, -0.2) is 27.7 Å². The Morgan fingerprint density at radius 2 is 1.67 bits per heavy atom. The van der Waals surface area contributed by atoms with Crippen LogP contribution in [-0.2, 0) is 22.4 Å². The van der Waals surface area contributed by atoms with E-state index in [9.17, 15) is 18.0 Å². The summed E-state index contributed by atoms with van der Waals surface area (Å²) in [7, 11) is 0. The number of amides is 1. The summed E-state index contributed by atoms with van der Waals surface area (Å²) < 4.78 is 43.2. The number of carbonyl (C=O) groups is 1. The molecule has 1 aliphatic rings. The van der Waals surface area contributed by atoms with Crippen molar-refractivity contribution in [1.82, 2.24) is 15.2 Å². The van der Waals surface area contributed by atoms with E-state index < -0.39 is 17.2 Å². The fourth-order valence-corrected chi connectivity index (χ4v) is 3.00. The second-order valence-electron chi connectivity index (χ2n) is 7.69. The lowest BCUT2D eigenvalue weighted by Gasteiger charge is -2.16. The summed E-state index contributed by atoms with van der Waals surface area (Å²) in [6.45, 7) is 4.34. The van der Waals surface area contributed by atoms with Crippen LogP contribution in [0.4, 0.5) is 13.2 Å². The Morgan fingerprint density at radius 1 is 1.03 bits per heavy atom. The van der Waals surface area contributed by atoms with Crippen LogP contribution >= 0.6 is 0 Å². The molecular formula is C21H18F3N3O3. The number of hydroxylamine groups is 2. The second kappa shape index (κ2) is 7.24. The average Bonchev–Trinajstić information content (AvgIpc) is 3.29. The number of aromatic nitrogens is 2. The molecule has 0 N–H and O–H groups in total. The Labute approximate surface area is 170 Å². The van der Waals surface area contributed by atoms with Gasteiger partial charge in [-0.15, -0.1) is 0 Å². The van der Waals surface area contributed by atoms with Gasteiger partial charge in [0.15, 0.2) is 0 Å². The standard InChI is InChI=1S/C21H18F3N3O3/c1-20(2)12-29-27(19(20)28)11-13-3-5-14(6-4-13)17-25-18(30-26-17)15-7-9-16(10-8-15)21(22,23)24/h3-10H,11-12H2,1-2H3. The van der Waals surface area contributed by atoms with Gasteiger partial charge in [-0.3, -0.25) is 9.63 Å². The minimum atomic E-state index is -4.40. The number of nitrogens with zero attached hydrogens (tertiary/aromatic N) is 3. The quantitative estimate of drug-likeness (QED) is 0.614. The fraction of sp³-hybridized carbons (Fsp3) is 0.286. The molecule has 0 radical (unpaired) electrons. The molecule has 0 bridgehead atoms. The third-order valence-corrected chi connectivity index (χ3v) is 4.81. The van der Waals surface area contributed by atoms with Crippen LogP contribution in [0.5, 0.6) is 0 Å². The van der Waals surface area contributed by atoms with E-state index in [-0.39, 0.29) is 11.8 Å². The highest BCUT2D eigenvalue weighted by Gasteiger charge is 2.40. The Hall–Kier alpha value is -3.20. The first kappa shape index (κ1) is 20.1. The Kier molecular flexibility index (Phi) is 4.85. The van der Waals surface area contributed by atoms with Gasteiger partial charge in [-0.1, -0.05) is 29.4 Å². The van der Waals surface area contributed by atoms with Crippen molar-refractivity contribution in [1.29, 1.82) is 0 Å². The molecule has 1 aromatic heterocycles.